The largest absolute Gasteiger partial charge is 0.314 e. The van der Waals surface area contributed by atoms with E-state index in [1.165, 1.54) is 0 Å². The quantitative estimate of drug-likeness (QED) is 0.809. The van der Waals surface area contributed by atoms with Crippen LogP contribution in [0.15, 0.2) is 18.2 Å². The summed E-state index contributed by atoms with van der Waals surface area (Å²) in [6.07, 6.45) is 0. The number of carbonyl (C=O) groups is 1. The topological polar surface area (TPSA) is 23.6 Å². The lowest BCUT2D eigenvalue weighted by atomic mass is 10.2. The predicted molar refractivity (Wildman–Crippen MR) is 68.2 cm³/mol. The Labute approximate surface area is 102 Å². The van der Waals surface area contributed by atoms with E-state index in [0.29, 0.717) is 6.54 Å². The van der Waals surface area contributed by atoms with E-state index in [2.05, 4.69) is 0 Å². The third-order valence-corrected chi connectivity index (χ3v) is 2.78. The Hall–Kier alpha value is -1.06. The van der Waals surface area contributed by atoms with Gasteiger partial charge in [-0.2, -0.15) is 0 Å². The van der Waals surface area contributed by atoms with Gasteiger partial charge in [-0.1, -0.05) is 11.6 Å². The molecule has 16 heavy (non-hydrogen) atoms. The van der Waals surface area contributed by atoms with Gasteiger partial charge in [-0.3, -0.25) is 4.79 Å². The first kappa shape index (κ1) is 13.0. The highest BCUT2D eigenvalue weighted by molar-refractivity contribution is 6.31. The molecule has 1 aromatic rings. The highest BCUT2D eigenvalue weighted by Gasteiger charge is 2.12. The van der Waals surface area contributed by atoms with E-state index >= 15 is 0 Å². The zero-order chi connectivity index (χ0) is 12.3. The van der Waals surface area contributed by atoms with Crippen molar-refractivity contribution in [2.75, 3.05) is 32.6 Å². The van der Waals surface area contributed by atoms with E-state index in [-0.39, 0.29) is 5.91 Å². The molecule has 0 spiro atoms. The van der Waals surface area contributed by atoms with Crippen molar-refractivity contribution in [3.05, 3.63) is 28.8 Å². The Balaban J connectivity index is 2.83. The van der Waals surface area contributed by atoms with Crippen molar-refractivity contribution in [1.29, 1.82) is 0 Å². The second kappa shape index (κ2) is 5.32. The zero-order valence-corrected chi connectivity index (χ0v) is 10.9. The van der Waals surface area contributed by atoms with E-state index in [1.807, 2.05) is 44.1 Å². The van der Waals surface area contributed by atoms with Crippen LogP contribution in [0.3, 0.4) is 0 Å². The van der Waals surface area contributed by atoms with Gasteiger partial charge in [0.25, 0.3) is 0 Å². The van der Waals surface area contributed by atoms with Crippen LogP contribution in [0.25, 0.3) is 0 Å². The highest BCUT2D eigenvalue weighted by Crippen LogP contribution is 2.21. The highest BCUT2D eigenvalue weighted by atomic mass is 35.5. The molecule has 0 aliphatic rings. The van der Waals surface area contributed by atoms with Crippen LogP contribution < -0.4 is 4.90 Å². The molecule has 0 saturated heterocycles. The Morgan fingerprint density at radius 3 is 2.44 bits per heavy atom. The second-order valence-electron chi connectivity index (χ2n) is 4.12. The number of carbonyl (C=O) groups excluding carboxylic acids is 1. The summed E-state index contributed by atoms with van der Waals surface area (Å²) in [6.45, 7) is 2.33. The molecule has 0 fully saturated rings. The molecule has 3 nitrogen and oxygen atoms in total. The SMILES string of the molecule is Cc1cc(N(C)C(=O)CN(C)C)ccc1Cl. The molecule has 0 saturated carbocycles. The molecular weight excluding hydrogens is 224 g/mol. The van der Waals surface area contributed by atoms with Crippen molar-refractivity contribution in [2.45, 2.75) is 6.92 Å². The molecule has 0 unspecified atom stereocenters. The standard InChI is InChI=1S/C12H17ClN2O/c1-9-7-10(5-6-11(9)13)15(4)12(16)8-14(2)3/h5-7H,8H2,1-4H3. The van der Waals surface area contributed by atoms with Gasteiger partial charge in [0.1, 0.15) is 0 Å². The number of amides is 1. The molecule has 0 N–H and O–H groups in total. The second-order valence-corrected chi connectivity index (χ2v) is 4.53. The molecule has 0 bridgehead atoms. The van der Waals surface area contributed by atoms with Crippen LogP contribution in [0.1, 0.15) is 5.56 Å². The molecule has 0 atom stereocenters. The third kappa shape index (κ3) is 3.22. The average molecular weight is 241 g/mol. The maximum atomic E-state index is 11.8. The fourth-order valence-corrected chi connectivity index (χ4v) is 1.48. The first-order valence-corrected chi connectivity index (χ1v) is 5.47. The maximum Gasteiger partial charge on any atom is 0.240 e. The van der Waals surface area contributed by atoms with Gasteiger partial charge in [0.2, 0.25) is 5.91 Å². The lowest BCUT2D eigenvalue weighted by Gasteiger charge is -2.20. The van der Waals surface area contributed by atoms with E-state index in [0.717, 1.165) is 16.3 Å². The Kier molecular flexibility index (Phi) is 4.33. The number of likely N-dealkylation sites (N-methyl/N-ethyl adjacent to an activating group) is 2. The summed E-state index contributed by atoms with van der Waals surface area (Å²) >= 11 is 5.94. The van der Waals surface area contributed by atoms with Crippen LogP contribution in [0, 0.1) is 6.92 Å². The normalized spacial score (nSPS) is 10.6. The van der Waals surface area contributed by atoms with Crippen LogP contribution in [0.5, 0.6) is 0 Å². The van der Waals surface area contributed by atoms with Crippen LogP contribution in [-0.4, -0.2) is 38.5 Å². The number of hydrogen-bond donors (Lipinski definition) is 0. The molecular formula is C12H17ClN2O. The van der Waals surface area contributed by atoms with Gasteiger partial charge in [-0.25, -0.2) is 0 Å². The monoisotopic (exact) mass is 240 g/mol. The number of aryl methyl sites for hydroxylation is 1. The molecule has 0 aliphatic heterocycles. The lowest BCUT2D eigenvalue weighted by molar-refractivity contribution is -0.118. The van der Waals surface area contributed by atoms with Crippen molar-refractivity contribution >= 4 is 23.2 Å². The smallest absolute Gasteiger partial charge is 0.240 e. The predicted octanol–water partition coefficient (Wildman–Crippen LogP) is 2.17. The maximum absolute atomic E-state index is 11.8. The lowest BCUT2D eigenvalue weighted by Crippen LogP contribution is -2.35. The average Bonchev–Trinajstić information content (AvgIpc) is 2.20. The van der Waals surface area contributed by atoms with E-state index in [9.17, 15) is 4.79 Å². The minimum atomic E-state index is 0.0618. The van der Waals surface area contributed by atoms with Crippen molar-refractivity contribution in [1.82, 2.24) is 4.90 Å². The van der Waals surface area contributed by atoms with Gasteiger partial charge in [0, 0.05) is 17.8 Å². The van der Waals surface area contributed by atoms with E-state index in [4.69, 9.17) is 11.6 Å². The van der Waals surface area contributed by atoms with E-state index < -0.39 is 0 Å². The van der Waals surface area contributed by atoms with Crippen molar-refractivity contribution in [2.24, 2.45) is 0 Å². The fourth-order valence-electron chi connectivity index (χ4n) is 1.36. The van der Waals surface area contributed by atoms with E-state index in [1.54, 1.807) is 11.9 Å². The number of benzene rings is 1. The molecule has 4 heteroatoms. The first-order valence-electron chi connectivity index (χ1n) is 5.09. The molecule has 0 aliphatic carbocycles. The number of halogens is 1. The van der Waals surface area contributed by atoms with Gasteiger partial charge in [0.15, 0.2) is 0 Å². The minimum absolute atomic E-state index is 0.0618. The zero-order valence-electron chi connectivity index (χ0n) is 10.1. The molecule has 88 valence electrons. The summed E-state index contributed by atoms with van der Waals surface area (Å²) in [6, 6.07) is 5.57. The molecule has 0 heterocycles. The van der Waals surface area contributed by atoms with Gasteiger partial charge >= 0.3 is 0 Å². The summed E-state index contributed by atoms with van der Waals surface area (Å²) in [4.78, 5) is 15.3. The minimum Gasteiger partial charge on any atom is -0.314 e. The van der Waals surface area contributed by atoms with Gasteiger partial charge in [-0.15, -0.1) is 0 Å². The molecule has 1 rings (SSSR count). The molecule has 1 amide bonds. The number of hydrogen-bond acceptors (Lipinski definition) is 2. The third-order valence-electron chi connectivity index (χ3n) is 2.35. The Morgan fingerprint density at radius 2 is 1.94 bits per heavy atom. The van der Waals surface area contributed by atoms with Crippen LogP contribution in [0.2, 0.25) is 5.02 Å². The number of anilines is 1. The van der Waals surface area contributed by atoms with Gasteiger partial charge < -0.3 is 9.80 Å². The van der Waals surface area contributed by atoms with Crippen molar-refractivity contribution < 1.29 is 4.79 Å². The Morgan fingerprint density at radius 1 is 1.31 bits per heavy atom. The van der Waals surface area contributed by atoms with Crippen LogP contribution in [-0.2, 0) is 4.79 Å². The van der Waals surface area contributed by atoms with Gasteiger partial charge in [0.05, 0.1) is 6.54 Å². The summed E-state index contributed by atoms with van der Waals surface area (Å²) in [5.74, 6) is 0.0618. The fraction of sp³-hybridized carbons (Fsp3) is 0.417. The first-order chi connectivity index (χ1) is 7.41. The van der Waals surface area contributed by atoms with Crippen molar-refractivity contribution in [3.63, 3.8) is 0 Å². The molecule has 1 aromatic carbocycles. The van der Waals surface area contributed by atoms with Gasteiger partial charge in [-0.05, 0) is 44.8 Å². The number of nitrogens with zero attached hydrogens (tertiary/aromatic N) is 2. The summed E-state index contributed by atoms with van der Waals surface area (Å²) in [5.41, 5.74) is 1.84. The van der Waals surface area contributed by atoms with Crippen molar-refractivity contribution in [3.8, 4) is 0 Å². The summed E-state index contributed by atoms with van der Waals surface area (Å²) in [5, 5.41) is 0.720. The molecule has 0 radical (unpaired) electrons. The Bertz CT molecular complexity index is 391. The van der Waals surface area contributed by atoms with Crippen LogP contribution in [0.4, 0.5) is 5.69 Å². The summed E-state index contributed by atoms with van der Waals surface area (Å²) in [7, 11) is 5.52. The van der Waals surface area contributed by atoms with Crippen LogP contribution >= 0.6 is 11.6 Å². The summed E-state index contributed by atoms with van der Waals surface area (Å²) < 4.78 is 0. The number of rotatable bonds is 3. The molecule has 0 aromatic heterocycles.